The molecule has 0 amide bonds. The van der Waals surface area contributed by atoms with Crippen molar-refractivity contribution in [2.45, 2.75) is 13.3 Å². The fourth-order valence-corrected chi connectivity index (χ4v) is 0.384. The van der Waals surface area contributed by atoms with E-state index >= 15 is 0 Å². The summed E-state index contributed by atoms with van der Waals surface area (Å²) in [7, 11) is 0. The van der Waals surface area contributed by atoms with Crippen molar-refractivity contribution in [2.24, 2.45) is 0 Å². The smallest absolute Gasteiger partial charge is 0.302 e. The van der Waals surface area contributed by atoms with Gasteiger partial charge in [-0.05, 0) is 12.0 Å². The summed E-state index contributed by atoms with van der Waals surface area (Å²) in [5, 5.41) is 0. The predicted molar refractivity (Wildman–Crippen MR) is 29.3 cm³/mol. The highest BCUT2D eigenvalue weighted by Gasteiger charge is 2.07. The maximum Gasteiger partial charge on any atom is 0.302 e. The van der Waals surface area contributed by atoms with Crippen LogP contribution < -0.4 is 0 Å². The van der Waals surface area contributed by atoms with Crippen LogP contribution in [0.15, 0.2) is 11.6 Å². The second kappa shape index (κ2) is 1.99. The number of carbonyl (C=O) groups is 1. The van der Waals surface area contributed by atoms with Crippen molar-refractivity contribution in [1.82, 2.24) is 0 Å². The molecule has 0 fully saturated rings. The van der Waals surface area contributed by atoms with Gasteiger partial charge >= 0.3 is 5.97 Å². The average Bonchev–Trinajstić information content (AvgIpc) is 2.41. The zero-order valence-corrected chi connectivity index (χ0v) is 4.81. The first-order valence-corrected chi connectivity index (χ1v) is 2.60. The lowest BCUT2D eigenvalue weighted by atomic mass is 10.5. The average molecular weight is 112 g/mol. The third-order valence-corrected chi connectivity index (χ3v) is 0.954. The van der Waals surface area contributed by atoms with Crippen LogP contribution in [-0.2, 0) is 9.53 Å². The van der Waals surface area contributed by atoms with E-state index in [-0.39, 0.29) is 5.97 Å². The Labute approximate surface area is 48.1 Å². The molecule has 0 N–H and O–H groups in total. The van der Waals surface area contributed by atoms with E-state index < -0.39 is 0 Å². The van der Waals surface area contributed by atoms with Crippen LogP contribution in [0.25, 0.3) is 0 Å². The highest BCUT2D eigenvalue weighted by Crippen LogP contribution is 2.17. The molecule has 2 nitrogen and oxygen atoms in total. The fourth-order valence-electron chi connectivity index (χ4n) is 0.384. The minimum absolute atomic E-state index is 0.196. The molecule has 2 heteroatoms. The summed E-state index contributed by atoms with van der Waals surface area (Å²) in [5.74, 6) is -0.196. The minimum atomic E-state index is -0.196. The molecule has 0 bridgehead atoms. The standard InChI is InChI=1S/C6H8O2/c1-5(7)8-4-6-2-3-6/h2H,3-4H2,1H3. The van der Waals surface area contributed by atoms with Crippen LogP contribution in [-0.4, -0.2) is 12.6 Å². The Kier molecular flexibility index (Phi) is 1.33. The van der Waals surface area contributed by atoms with Gasteiger partial charge in [0.05, 0.1) is 0 Å². The van der Waals surface area contributed by atoms with Gasteiger partial charge in [-0.2, -0.15) is 0 Å². The second-order valence-corrected chi connectivity index (χ2v) is 1.85. The molecule has 0 unspecified atom stereocenters. The summed E-state index contributed by atoms with van der Waals surface area (Å²) >= 11 is 0. The van der Waals surface area contributed by atoms with Crippen LogP contribution in [0, 0.1) is 0 Å². The number of rotatable bonds is 2. The molecule has 44 valence electrons. The Hall–Kier alpha value is -0.790. The first-order valence-electron chi connectivity index (χ1n) is 2.60. The van der Waals surface area contributed by atoms with Gasteiger partial charge in [0, 0.05) is 6.92 Å². The molecule has 0 saturated carbocycles. The van der Waals surface area contributed by atoms with Crippen LogP contribution in [0.3, 0.4) is 0 Å². The molecule has 0 heterocycles. The quantitative estimate of drug-likeness (QED) is 0.391. The Morgan fingerprint density at radius 3 is 3.00 bits per heavy atom. The van der Waals surface area contributed by atoms with Crippen molar-refractivity contribution in [1.29, 1.82) is 0 Å². The first kappa shape index (κ1) is 5.35. The van der Waals surface area contributed by atoms with Gasteiger partial charge in [0.1, 0.15) is 6.61 Å². The number of esters is 1. The zero-order valence-electron chi connectivity index (χ0n) is 4.81. The molecule has 1 aliphatic rings. The van der Waals surface area contributed by atoms with E-state index in [0.717, 1.165) is 6.42 Å². The van der Waals surface area contributed by atoms with E-state index in [1.165, 1.54) is 12.5 Å². The highest BCUT2D eigenvalue weighted by atomic mass is 16.5. The third-order valence-electron chi connectivity index (χ3n) is 0.954. The van der Waals surface area contributed by atoms with E-state index in [2.05, 4.69) is 4.74 Å². The van der Waals surface area contributed by atoms with Crippen LogP contribution in [0.2, 0.25) is 0 Å². The van der Waals surface area contributed by atoms with Gasteiger partial charge in [-0.25, -0.2) is 0 Å². The van der Waals surface area contributed by atoms with Gasteiger partial charge in [-0.15, -0.1) is 0 Å². The summed E-state index contributed by atoms with van der Waals surface area (Å²) in [5.41, 5.74) is 1.24. The van der Waals surface area contributed by atoms with Crippen molar-refractivity contribution >= 4 is 5.97 Å². The Balaban J connectivity index is 2.04. The maximum absolute atomic E-state index is 10.1. The van der Waals surface area contributed by atoms with E-state index in [9.17, 15) is 4.79 Å². The summed E-state index contributed by atoms with van der Waals surface area (Å²) in [6.45, 7) is 1.93. The topological polar surface area (TPSA) is 26.3 Å². The number of ether oxygens (including phenoxy) is 1. The molecule has 0 aromatic carbocycles. The van der Waals surface area contributed by atoms with Gasteiger partial charge in [-0.1, -0.05) is 6.08 Å². The lowest BCUT2D eigenvalue weighted by Gasteiger charge is -1.93. The molecule has 0 aromatic heterocycles. The largest absolute Gasteiger partial charge is 0.461 e. The molecule has 0 spiro atoms. The van der Waals surface area contributed by atoms with Gasteiger partial charge < -0.3 is 4.74 Å². The molecular formula is C6H8O2. The van der Waals surface area contributed by atoms with Crippen LogP contribution in [0.1, 0.15) is 13.3 Å². The van der Waals surface area contributed by atoms with Crippen molar-refractivity contribution in [3.63, 3.8) is 0 Å². The first-order chi connectivity index (χ1) is 3.79. The van der Waals surface area contributed by atoms with E-state index in [4.69, 9.17) is 0 Å². The SMILES string of the molecule is CC(=O)OCC1=CC1. The molecule has 1 aliphatic carbocycles. The monoisotopic (exact) mass is 112 g/mol. The number of hydrogen-bond donors (Lipinski definition) is 0. The molecule has 1 rings (SSSR count). The molecule has 8 heavy (non-hydrogen) atoms. The summed E-state index contributed by atoms with van der Waals surface area (Å²) in [6, 6.07) is 0. The predicted octanol–water partition coefficient (Wildman–Crippen LogP) is 0.880. The van der Waals surface area contributed by atoms with Gasteiger partial charge in [-0.3, -0.25) is 4.79 Å². The van der Waals surface area contributed by atoms with Gasteiger partial charge in [0.15, 0.2) is 0 Å². The lowest BCUT2D eigenvalue weighted by Crippen LogP contribution is -1.98. The maximum atomic E-state index is 10.1. The normalized spacial score (nSPS) is 14.9. The highest BCUT2D eigenvalue weighted by molar-refractivity contribution is 5.66. The fraction of sp³-hybridized carbons (Fsp3) is 0.500. The molecule has 0 aromatic rings. The second-order valence-electron chi connectivity index (χ2n) is 1.85. The minimum Gasteiger partial charge on any atom is -0.461 e. The third kappa shape index (κ3) is 1.78. The Morgan fingerprint density at radius 2 is 2.62 bits per heavy atom. The molecule has 0 radical (unpaired) electrons. The summed E-state index contributed by atoms with van der Waals surface area (Å²) in [4.78, 5) is 10.1. The van der Waals surface area contributed by atoms with Crippen LogP contribution in [0.4, 0.5) is 0 Å². The van der Waals surface area contributed by atoms with Crippen LogP contribution >= 0.6 is 0 Å². The number of carbonyl (C=O) groups excluding carboxylic acids is 1. The van der Waals surface area contributed by atoms with Gasteiger partial charge in [0.2, 0.25) is 0 Å². The number of allylic oxidation sites excluding steroid dienone is 1. The van der Waals surface area contributed by atoms with E-state index in [1.807, 2.05) is 6.08 Å². The van der Waals surface area contributed by atoms with Crippen molar-refractivity contribution in [3.8, 4) is 0 Å². The van der Waals surface area contributed by atoms with E-state index in [1.54, 1.807) is 0 Å². The molecule has 0 atom stereocenters. The summed E-state index contributed by atoms with van der Waals surface area (Å²) in [6.07, 6.45) is 3.08. The van der Waals surface area contributed by atoms with Crippen molar-refractivity contribution < 1.29 is 9.53 Å². The molecular weight excluding hydrogens is 104 g/mol. The van der Waals surface area contributed by atoms with E-state index in [0.29, 0.717) is 6.61 Å². The molecule has 0 aliphatic heterocycles. The number of hydrogen-bond acceptors (Lipinski definition) is 2. The Bertz CT molecular complexity index is 133. The lowest BCUT2D eigenvalue weighted by molar-refractivity contribution is -0.139. The zero-order chi connectivity index (χ0) is 5.98. The Morgan fingerprint density at radius 1 is 2.00 bits per heavy atom. The summed E-state index contributed by atoms with van der Waals surface area (Å²) < 4.78 is 4.66. The van der Waals surface area contributed by atoms with Crippen molar-refractivity contribution in [3.05, 3.63) is 11.6 Å². The van der Waals surface area contributed by atoms with Crippen molar-refractivity contribution in [2.75, 3.05) is 6.61 Å². The van der Waals surface area contributed by atoms with Crippen LogP contribution in [0.5, 0.6) is 0 Å². The van der Waals surface area contributed by atoms with Gasteiger partial charge in [0.25, 0.3) is 0 Å². The molecule has 0 saturated heterocycles.